The zero-order valence-electron chi connectivity index (χ0n) is 13.2. The van der Waals surface area contributed by atoms with Crippen LogP contribution in [0.1, 0.15) is 15.9 Å². The van der Waals surface area contributed by atoms with Crippen LogP contribution in [-0.4, -0.2) is 20.4 Å². The lowest BCUT2D eigenvalue weighted by molar-refractivity contribution is -0.383. The number of non-ortho nitro benzene ring substituents is 1. The number of halogens is 1. The molecule has 0 atom stereocenters. The number of carbonyl (C=O) groups excluding carboxylic acids is 1. The number of amides is 1. The van der Waals surface area contributed by atoms with Gasteiger partial charge in [-0.2, -0.15) is 0 Å². The van der Waals surface area contributed by atoms with Gasteiger partial charge in [-0.15, -0.1) is 0 Å². The molecular formula is C16H14ClN5O3. The van der Waals surface area contributed by atoms with E-state index >= 15 is 0 Å². The van der Waals surface area contributed by atoms with Crippen molar-refractivity contribution in [2.75, 3.05) is 5.32 Å². The number of imidazole rings is 1. The topological polar surface area (TPSA) is 116 Å². The SMILES string of the molecule is Cn1c(NCc2ccccc2Cl)nc2cc(C(N)=O)cc([N+](=O)[O-])c21. The van der Waals surface area contributed by atoms with E-state index in [-0.39, 0.29) is 11.3 Å². The summed E-state index contributed by atoms with van der Waals surface area (Å²) in [6.07, 6.45) is 0. The molecule has 3 rings (SSSR count). The summed E-state index contributed by atoms with van der Waals surface area (Å²) in [6.45, 7) is 0.396. The van der Waals surface area contributed by atoms with Crippen molar-refractivity contribution < 1.29 is 9.72 Å². The number of aromatic nitrogens is 2. The predicted octanol–water partition coefficient (Wildman–Crippen LogP) is 2.85. The Hall–Kier alpha value is -3.13. The number of anilines is 1. The number of hydrogen-bond acceptors (Lipinski definition) is 5. The summed E-state index contributed by atoms with van der Waals surface area (Å²) >= 11 is 6.12. The summed E-state index contributed by atoms with van der Waals surface area (Å²) in [5.41, 5.74) is 6.53. The summed E-state index contributed by atoms with van der Waals surface area (Å²) < 4.78 is 1.56. The number of fused-ring (bicyclic) bond motifs is 1. The lowest BCUT2D eigenvalue weighted by Crippen LogP contribution is -2.11. The number of nitro groups is 1. The highest BCUT2D eigenvalue weighted by atomic mass is 35.5. The number of nitro benzene ring substituents is 1. The van der Waals surface area contributed by atoms with Crippen molar-refractivity contribution in [1.29, 1.82) is 0 Å². The zero-order chi connectivity index (χ0) is 18.1. The van der Waals surface area contributed by atoms with Gasteiger partial charge in [0.05, 0.1) is 10.4 Å². The molecule has 0 saturated heterocycles. The van der Waals surface area contributed by atoms with Crippen LogP contribution in [0.25, 0.3) is 11.0 Å². The predicted molar refractivity (Wildman–Crippen MR) is 94.7 cm³/mol. The first kappa shape index (κ1) is 16.7. The maximum atomic E-state index is 11.4. The van der Waals surface area contributed by atoms with Crippen LogP contribution in [0.15, 0.2) is 36.4 Å². The van der Waals surface area contributed by atoms with E-state index in [4.69, 9.17) is 17.3 Å². The van der Waals surface area contributed by atoms with E-state index in [0.717, 1.165) is 11.6 Å². The van der Waals surface area contributed by atoms with Gasteiger partial charge in [0.2, 0.25) is 11.9 Å². The van der Waals surface area contributed by atoms with Crippen LogP contribution in [0, 0.1) is 10.1 Å². The van der Waals surface area contributed by atoms with Crippen LogP contribution >= 0.6 is 11.6 Å². The van der Waals surface area contributed by atoms with Crippen molar-refractivity contribution in [2.24, 2.45) is 12.8 Å². The average molecular weight is 360 g/mol. The van der Waals surface area contributed by atoms with Crippen LogP contribution < -0.4 is 11.1 Å². The molecule has 1 aromatic heterocycles. The molecule has 8 nitrogen and oxygen atoms in total. The molecule has 2 aromatic carbocycles. The van der Waals surface area contributed by atoms with Gasteiger partial charge in [0.25, 0.3) is 5.69 Å². The van der Waals surface area contributed by atoms with Crippen molar-refractivity contribution in [2.45, 2.75) is 6.54 Å². The molecule has 25 heavy (non-hydrogen) atoms. The molecule has 0 spiro atoms. The molecule has 0 aliphatic rings. The molecule has 0 bridgehead atoms. The molecule has 1 heterocycles. The van der Waals surface area contributed by atoms with Gasteiger partial charge in [0.1, 0.15) is 5.52 Å². The molecule has 0 fully saturated rings. The van der Waals surface area contributed by atoms with Gasteiger partial charge >= 0.3 is 0 Å². The Morgan fingerprint density at radius 2 is 2.12 bits per heavy atom. The van der Waals surface area contributed by atoms with Gasteiger partial charge in [-0.1, -0.05) is 29.8 Å². The minimum atomic E-state index is -0.749. The Bertz CT molecular complexity index is 999. The number of aryl methyl sites for hydroxylation is 1. The smallest absolute Gasteiger partial charge is 0.296 e. The largest absolute Gasteiger partial charge is 0.366 e. The first-order chi connectivity index (χ1) is 11.9. The van der Waals surface area contributed by atoms with Gasteiger partial charge in [-0.05, 0) is 17.7 Å². The van der Waals surface area contributed by atoms with E-state index in [9.17, 15) is 14.9 Å². The molecule has 0 saturated carbocycles. The Morgan fingerprint density at radius 1 is 1.40 bits per heavy atom. The number of nitrogens with two attached hydrogens (primary N) is 1. The van der Waals surface area contributed by atoms with Crippen molar-refractivity contribution in [3.05, 3.63) is 62.7 Å². The first-order valence-electron chi connectivity index (χ1n) is 7.30. The Kier molecular flexibility index (Phi) is 4.28. The maximum Gasteiger partial charge on any atom is 0.296 e. The minimum Gasteiger partial charge on any atom is -0.366 e. The van der Waals surface area contributed by atoms with Crippen LogP contribution in [0.2, 0.25) is 5.02 Å². The molecule has 0 radical (unpaired) electrons. The van der Waals surface area contributed by atoms with Crippen LogP contribution in [0.5, 0.6) is 0 Å². The summed E-state index contributed by atoms with van der Waals surface area (Å²) in [7, 11) is 1.65. The fourth-order valence-corrected chi connectivity index (χ4v) is 2.79. The highest BCUT2D eigenvalue weighted by Gasteiger charge is 2.22. The quantitative estimate of drug-likeness (QED) is 0.536. The number of nitrogens with zero attached hydrogens (tertiary/aromatic N) is 3. The molecular weight excluding hydrogens is 346 g/mol. The Balaban J connectivity index is 2.04. The van der Waals surface area contributed by atoms with Gasteiger partial charge in [0.15, 0.2) is 0 Å². The summed E-state index contributed by atoms with van der Waals surface area (Å²) in [4.78, 5) is 26.5. The molecule has 1 amide bonds. The molecule has 0 unspecified atom stereocenters. The summed E-state index contributed by atoms with van der Waals surface area (Å²) in [6, 6.07) is 9.93. The Labute approximate surface area is 147 Å². The van der Waals surface area contributed by atoms with Gasteiger partial charge in [-0.25, -0.2) is 4.98 Å². The number of nitrogens with one attached hydrogen (secondary N) is 1. The highest BCUT2D eigenvalue weighted by Crippen LogP contribution is 2.29. The summed E-state index contributed by atoms with van der Waals surface area (Å²) in [5.74, 6) is -0.333. The number of benzene rings is 2. The lowest BCUT2D eigenvalue weighted by atomic mass is 10.1. The molecule has 0 aliphatic carbocycles. The van der Waals surface area contributed by atoms with Gasteiger partial charge in [0, 0.05) is 30.2 Å². The van der Waals surface area contributed by atoms with Crippen molar-refractivity contribution >= 4 is 40.2 Å². The first-order valence-corrected chi connectivity index (χ1v) is 7.68. The van der Waals surface area contributed by atoms with E-state index in [0.29, 0.717) is 28.5 Å². The summed E-state index contributed by atoms with van der Waals surface area (Å²) in [5, 5.41) is 15.1. The molecule has 0 aliphatic heterocycles. The minimum absolute atomic E-state index is 0.0370. The van der Waals surface area contributed by atoms with E-state index in [1.807, 2.05) is 18.2 Å². The normalized spacial score (nSPS) is 10.8. The van der Waals surface area contributed by atoms with Gasteiger partial charge < -0.3 is 15.6 Å². The number of hydrogen-bond donors (Lipinski definition) is 2. The number of carbonyl (C=O) groups is 1. The highest BCUT2D eigenvalue weighted by molar-refractivity contribution is 6.31. The van der Waals surface area contributed by atoms with E-state index in [2.05, 4.69) is 10.3 Å². The van der Waals surface area contributed by atoms with Gasteiger partial charge in [-0.3, -0.25) is 14.9 Å². The number of rotatable bonds is 5. The van der Waals surface area contributed by atoms with Crippen molar-refractivity contribution in [3.8, 4) is 0 Å². The molecule has 3 N–H and O–H groups in total. The van der Waals surface area contributed by atoms with E-state index < -0.39 is 10.8 Å². The standard InChI is InChI=1S/C16H14ClN5O3/c1-21-14-12(6-10(15(18)23)7-13(14)22(24)25)20-16(21)19-8-9-4-2-3-5-11(9)17/h2-7H,8H2,1H3,(H2,18,23)(H,19,20). The van der Waals surface area contributed by atoms with E-state index in [1.165, 1.54) is 6.07 Å². The van der Waals surface area contributed by atoms with Crippen LogP contribution in [0.4, 0.5) is 11.6 Å². The lowest BCUT2D eigenvalue weighted by Gasteiger charge is -2.07. The van der Waals surface area contributed by atoms with Crippen molar-refractivity contribution in [3.63, 3.8) is 0 Å². The Morgan fingerprint density at radius 3 is 2.76 bits per heavy atom. The third-order valence-electron chi connectivity index (χ3n) is 3.83. The second-order valence-corrected chi connectivity index (χ2v) is 5.83. The fourth-order valence-electron chi connectivity index (χ4n) is 2.58. The average Bonchev–Trinajstić information content (AvgIpc) is 2.89. The van der Waals surface area contributed by atoms with Crippen LogP contribution in [-0.2, 0) is 13.6 Å². The van der Waals surface area contributed by atoms with Crippen molar-refractivity contribution in [1.82, 2.24) is 9.55 Å². The molecule has 3 aromatic rings. The second kappa shape index (κ2) is 6.40. The third-order valence-corrected chi connectivity index (χ3v) is 4.19. The van der Waals surface area contributed by atoms with E-state index in [1.54, 1.807) is 17.7 Å². The van der Waals surface area contributed by atoms with Crippen LogP contribution in [0.3, 0.4) is 0 Å². The fraction of sp³-hybridized carbons (Fsp3) is 0.125. The second-order valence-electron chi connectivity index (χ2n) is 5.42. The third kappa shape index (κ3) is 3.11. The molecule has 9 heteroatoms. The zero-order valence-corrected chi connectivity index (χ0v) is 13.9. The maximum absolute atomic E-state index is 11.4. The number of primary amides is 1. The molecule has 128 valence electrons. The monoisotopic (exact) mass is 359 g/mol.